The van der Waals surface area contributed by atoms with Crippen molar-refractivity contribution in [2.24, 2.45) is 0 Å². The summed E-state index contributed by atoms with van der Waals surface area (Å²) in [4.78, 5) is 4.01. The van der Waals surface area contributed by atoms with Gasteiger partial charge in [0.15, 0.2) is 0 Å². The first kappa shape index (κ1) is 15.4. The third-order valence-electron chi connectivity index (χ3n) is 3.15. The molecule has 0 amide bonds. The molecular weight excluding hydrogens is 278 g/mol. The number of hydrogen-bond donors (Lipinski definition) is 1. The average Bonchev–Trinajstić information content (AvgIpc) is 2.38. The van der Waals surface area contributed by atoms with Crippen LogP contribution in [0.4, 0.5) is 0 Å². The van der Waals surface area contributed by atoms with E-state index in [1.807, 2.05) is 26.0 Å². The molecule has 6 nitrogen and oxygen atoms in total. The van der Waals surface area contributed by atoms with Gasteiger partial charge in [-0.2, -0.15) is 12.7 Å². The van der Waals surface area contributed by atoms with Gasteiger partial charge in [0, 0.05) is 32.0 Å². The van der Waals surface area contributed by atoms with Gasteiger partial charge in [0.1, 0.15) is 0 Å². The van der Waals surface area contributed by atoms with Gasteiger partial charge in [-0.1, -0.05) is 6.07 Å². The van der Waals surface area contributed by atoms with E-state index in [1.165, 1.54) is 4.31 Å². The average molecular weight is 299 g/mol. The van der Waals surface area contributed by atoms with Crippen molar-refractivity contribution in [2.45, 2.75) is 32.5 Å². The Labute approximate surface area is 120 Å². The predicted molar refractivity (Wildman–Crippen MR) is 76.4 cm³/mol. The minimum absolute atomic E-state index is 0.0753. The maximum absolute atomic E-state index is 12.2. The highest BCUT2D eigenvalue weighted by molar-refractivity contribution is 7.87. The lowest BCUT2D eigenvalue weighted by Gasteiger charge is -2.34. The lowest BCUT2D eigenvalue weighted by Crippen LogP contribution is -2.52. The summed E-state index contributed by atoms with van der Waals surface area (Å²) in [6.45, 7) is 4.93. The molecule has 0 aromatic carbocycles. The number of aromatic nitrogens is 1. The summed E-state index contributed by atoms with van der Waals surface area (Å²) in [7, 11) is -3.44. The molecule has 1 aliphatic rings. The number of nitrogens with zero attached hydrogens (tertiary/aromatic N) is 2. The van der Waals surface area contributed by atoms with E-state index in [0.717, 1.165) is 5.56 Å². The molecule has 0 bridgehead atoms. The number of rotatable bonds is 5. The Morgan fingerprint density at radius 1 is 1.40 bits per heavy atom. The fourth-order valence-corrected chi connectivity index (χ4v) is 3.64. The zero-order valence-corrected chi connectivity index (χ0v) is 12.6. The maximum atomic E-state index is 12.2. The Bertz CT molecular complexity index is 511. The fraction of sp³-hybridized carbons (Fsp3) is 0.615. The van der Waals surface area contributed by atoms with E-state index < -0.39 is 10.2 Å². The molecule has 1 aliphatic heterocycles. The first-order valence-corrected chi connectivity index (χ1v) is 8.20. The first-order chi connectivity index (χ1) is 9.47. The molecular formula is C13H21N3O3S. The lowest BCUT2D eigenvalue weighted by atomic mass is 10.2. The summed E-state index contributed by atoms with van der Waals surface area (Å²) in [5.74, 6) is 0. The maximum Gasteiger partial charge on any atom is 0.279 e. The van der Waals surface area contributed by atoms with Crippen molar-refractivity contribution >= 4 is 10.2 Å². The summed E-state index contributed by atoms with van der Waals surface area (Å²) < 4.78 is 34.1. The molecule has 1 aromatic heterocycles. The van der Waals surface area contributed by atoms with Crippen molar-refractivity contribution in [1.29, 1.82) is 0 Å². The number of ether oxygens (including phenoxy) is 1. The molecule has 0 spiro atoms. The van der Waals surface area contributed by atoms with Gasteiger partial charge in [0.2, 0.25) is 0 Å². The van der Waals surface area contributed by atoms with Crippen LogP contribution in [0.15, 0.2) is 24.5 Å². The highest BCUT2D eigenvalue weighted by Crippen LogP contribution is 2.13. The Hall–Kier alpha value is -1.02. The Balaban J connectivity index is 1.87. The normalized spacial score (nSPS) is 24.7. The van der Waals surface area contributed by atoms with Crippen molar-refractivity contribution in [3.63, 3.8) is 0 Å². The van der Waals surface area contributed by atoms with Crippen molar-refractivity contribution in [3.8, 4) is 0 Å². The van der Waals surface area contributed by atoms with Crippen LogP contribution in [0.25, 0.3) is 0 Å². The molecule has 20 heavy (non-hydrogen) atoms. The smallest absolute Gasteiger partial charge is 0.279 e. The molecule has 1 saturated heterocycles. The third-order valence-corrected chi connectivity index (χ3v) is 4.69. The van der Waals surface area contributed by atoms with Crippen LogP contribution >= 0.6 is 0 Å². The first-order valence-electron chi connectivity index (χ1n) is 6.76. The molecule has 7 heteroatoms. The van der Waals surface area contributed by atoms with Crippen molar-refractivity contribution in [2.75, 3.05) is 19.6 Å². The van der Waals surface area contributed by atoms with Crippen LogP contribution in [0.3, 0.4) is 0 Å². The zero-order valence-electron chi connectivity index (χ0n) is 11.8. The van der Waals surface area contributed by atoms with E-state index in [4.69, 9.17) is 4.74 Å². The molecule has 1 fully saturated rings. The molecule has 0 unspecified atom stereocenters. The number of pyridine rings is 1. The predicted octanol–water partition coefficient (Wildman–Crippen LogP) is 0.568. The summed E-state index contributed by atoms with van der Waals surface area (Å²) >= 11 is 0. The van der Waals surface area contributed by atoms with E-state index in [-0.39, 0.29) is 12.2 Å². The summed E-state index contributed by atoms with van der Waals surface area (Å²) in [5.41, 5.74) is 1.01. The number of morpholine rings is 1. The van der Waals surface area contributed by atoms with E-state index in [1.54, 1.807) is 12.4 Å². The number of nitrogens with one attached hydrogen (secondary N) is 1. The van der Waals surface area contributed by atoms with Gasteiger partial charge in [-0.3, -0.25) is 4.98 Å². The van der Waals surface area contributed by atoms with E-state index >= 15 is 0 Å². The van der Waals surface area contributed by atoms with E-state index in [0.29, 0.717) is 26.1 Å². The van der Waals surface area contributed by atoms with Crippen LogP contribution in [0.2, 0.25) is 0 Å². The second-order valence-corrected chi connectivity index (χ2v) is 6.84. The Morgan fingerprint density at radius 3 is 2.70 bits per heavy atom. The van der Waals surface area contributed by atoms with Crippen LogP contribution in [-0.2, 0) is 21.4 Å². The van der Waals surface area contributed by atoms with Crippen LogP contribution in [0.1, 0.15) is 19.4 Å². The molecule has 2 rings (SSSR count). The topological polar surface area (TPSA) is 71.5 Å². The van der Waals surface area contributed by atoms with Gasteiger partial charge in [0.05, 0.1) is 12.2 Å². The summed E-state index contributed by atoms with van der Waals surface area (Å²) in [5, 5.41) is 0. The molecule has 0 saturated carbocycles. The van der Waals surface area contributed by atoms with Crippen molar-refractivity contribution in [1.82, 2.24) is 14.0 Å². The standard InChI is InChI=1S/C13H21N3O3S/c1-11-9-16(10-12(2)19-11)20(17,18)15-7-5-13-4-3-6-14-8-13/h3-4,6,8,11-12,15H,5,7,9-10H2,1-2H3/t11-,12-/m1/s1. The summed E-state index contributed by atoms with van der Waals surface area (Å²) in [6, 6.07) is 3.77. The van der Waals surface area contributed by atoms with Crippen LogP contribution in [-0.4, -0.2) is 49.5 Å². The van der Waals surface area contributed by atoms with Crippen LogP contribution in [0.5, 0.6) is 0 Å². The van der Waals surface area contributed by atoms with Crippen LogP contribution < -0.4 is 4.72 Å². The van der Waals surface area contributed by atoms with E-state index in [9.17, 15) is 8.42 Å². The van der Waals surface area contributed by atoms with Crippen LogP contribution in [0, 0.1) is 0 Å². The number of hydrogen-bond acceptors (Lipinski definition) is 4. The molecule has 0 radical (unpaired) electrons. The summed E-state index contributed by atoms with van der Waals surface area (Å²) in [6.07, 6.45) is 3.92. The second kappa shape index (κ2) is 6.62. The Kier molecular flexibility index (Phi) is 5.09. The Morgan fingerprint density at radius 2 is 2.10 bits per heavy atom. The second-order valence-electron chi connectivity index (χ2n) is 5.08. The van der Waals surface area contributed by atoms with Gasteiger partial charge >= 0.3 is 0 Å². The molecule has 1 aromatic rings. The quantitative estimate of drug-likeness (QED) is 0.863. The SMILES string of the molecule is C[C@@H]1CN(S(=O)(=O)NCCc2cccnc2)C[C@@H](C)O1. The monoisotopic (exact) mass is 299 g/mol. The molecule has 0 aliphatic carbocycles. The third kappa shape index (κ3) is 4.24. The molecule has 2 atom stereocenters. The largest absolute Gasteiger partial charge is 0.373 e. The van der Waals surface area contributed by atoms with Gasteiger partial charge in [-0.25, -0.2) is 4.72 Å². The highest BCUT2D eigenvalue weighted by Gasteiger charge is 2.30. The van der Waals surface area contributed by atoms with Crippen molar-refractivity contribution < 1.29 is 13.2 Å². The lowest BCUT2D eigenvalue weighted by molar-refractivity contribution is -0.0443. The van der Waals surface area contributed by atoms with Crippen molar-refractivity contribution in [3.05, 3.63) is 30.1 Å². The molecule has 1 N–H and O–H groups in total. The minimum Gasteiger partial charge on any atom is -0.373 e. The van der Waals surface area contributed by atoms with Gasteiger partial charge in [-0.05, 0) is 31.9 Å². The highest BCUT2D eigenvalue weighted by atomic mass is 32.2. The molecule has 112 valence electrons. The molecule has 2 heterocycles. The van der Waals surface area contributed by atoms with Gasteiger partial charge in [-0.15, -0.1) is 0 Å². The fourth-order valence-electron chi connectivity index (χ4n) is 2.29. The van der Waals surface area contributed by atoms with Gasteiger partial charge in [0.25, 0.3) is 10.2 Å². The zero-order chi connectivity index (χ0) is 14.6. The van der Waals surface area contributed by atoms with Gasteiger partial charge < -0.3 is 4.74 Å². The van der Waals surface area contributed by atoms with E-state index in [2.05, 4.69) is 9.71 Å². The minimum atomic E-state index is -3.44.